The Bertz CT molecular complexity index is 2160. The van der Waals surface area contributed by atoms with Crippen LogP contribution in [0.15, 0.2) is 142 Å². The van der Waals surface area contributed by atoms with E-state index >= 15 is 0 Å². The van der Waals surface area contributed by atoms with Crippen LogP contribution >= 0.6 is 23.1 Å². The molecule has 0 fully saturated rings. The van der Waals surface area contributed by atoms with Gasteiger partial charge in [0.25, 0.3) is 17.5 Å². The highest BCUT2D eigenvalue weighted by atomic mass is 32.2. The largest absolute Gasteiger partial charge is 0.457 e. The summed E-state index contributed by atoms with van der Waals surface area (Å²) in [4.78, 5) is 54.7. The molecule has 11 nitrogen and oxygen atoms in total. The lowest BCUT2D eigenvalue weighted by Gasteiger charge is -2.11. The molecule has 3 amide bonds. The molecule has 13 heteroatoms. The highest BCUT2D eigenvalue weighted by Crippen LogP contribution is 2.28. The van der Waals surface area contributed by atoms with Gasteiger partial charge in [0, 0.05) is 50.9 Å². The Hall–Kier alpha value is -6.31. The van der Waals surface area contributed by atoms with E-state index in [1.807, 2.05) is 30.3 Å². The molecule has 0 atom stereocenters. The molecule has 4 aromatic carbocycles. The lowest BCUT2D eigenvalue weighted by Crippen LogP contribution is -2.30. The van der Waals surface area contributed by atoms with Crippen LogP contribution in [0.2, 0.25) is 0 Å². The van der Waals surface area contributed by atoms with E-state index in [-0.39, 0.29) is 23.0 Å². The van der Waals surface area contributed by atoms with E-state index in [4.69, 9.17) is 4.42 Å². The van der Waals surface area contributed by atoms with Gasteiger partial charge in [-0.2, -0.15) is 0 Å². The van der Waals surface area contributed by atoms with Crippen LogP contribution in [0, 0.1) is 10.1 Å². The Kier molecular flexibility index (Phi) is 10.6. The third kappa shape index (κ3) is 8.78. The molecule has 2 aromatic heterocycles. The van der Waals surface area contributed by atoms with Crippen molar-refractivity contribution in [2.45, 2.75) is 4.90 Å². The Labute approximate surface area is 294 Å². The molecular formula is C37H27N5O6S2. The molecule has 0 aliphatic rings. The summed E-state index contributed by atoms with van der Waals surface area (Å²) in [6.07, 6.45) is 1.47. The van der Waals surface area contributed by atoms with Crippen molar-refractivity contribution >= 4 is 63.4 Å². The molecule has 0 spiro atoms. The van der Waals surface area contributed by atoms with Gasteiger partial charge in [-0.3, -0.25) is 24.5 Å². The minimum Gasteiger partial charge on any atom is -0.457 e. The van der Waals surface area contributed by atoms with Gasteiger partial charge in [0.1, 0.15) is 17.2 Å². The van der Waals surface area contributed by atoms with E-state index in [0.29, 0.717) is 39.2 Å². The molecule has 0 radical (unpaired) electrons. The summed E-state index contributed by atoms with van der Waals surface area (Å²) in [7, 11) is 0. The number of rotatable bonds is 12. The number of non-ortho nitro benzene ring substituents is 1. The van der Waals surface area contributed by atoms with Gasteiger partial charge >= 0.3 is 0 Å². The van der Waals surface area contributed by atoms with E-state index in [1.54, 1.807) is 84.2 Å². The summed E-state index contributed by atoms with van der Waals surface area (Å²) in [6.45, 7) is 0. The number of furan rings is 1. The predicted octanol–water partition coefficient (Wildman–Crippen LogP) is 8.12. The maximum Gasteiger partial charge on any atom is 0.272 e. The molecule has 0 aliphatic heterocycles. The number of thioether (sulfide) groups is 1. The van der Waals surface area contributed by atoms with Crippen molar-refractivity contribution in [3.8, 4) is 22.6 Å². The zero-order valence-electron chi connectivity index (χ0n) is 26.1. The number of hydrogen-bond donors (Lipinski definition) is 3. The molecule has 0 bridgehead atoms. The summed E-state index contributed by atoms with van der Waals surface area (Å²) in [6, 6.07) is 34.6. The van der Waals surface area contributed by atoms with Crippen LogP contribution in [0.5, 0.6) is 0 Å². The van der Waals surface area contributed by atoms with E-state index in [0.717, 1.165) is 10.5 Å². The fourth-order valence-corrected chi connectivity index (χ4v) is 6.06. The number of nitro benzene ring substituents is 1. The van der Waals surface area contributed by atoms with E-state index in [1.165, 1.54) is 41.3 Å². The van der Waals surface area contributed by atoms with Crippen LogP contribution in [0.1, 0.15) is 16.1 Å². The van der Waals surface area contributed by atoms with Gasteiger partial charge in [-0.05, 0) is 60.7 Å². The summed E-state index contributed by atoms with van der Waals surface area (Å²) in [5, 5.41) is 21.4. The number of amides is 3. The molecule has 50 heavy (non-hydrogen) atoms. The van der Waals surface area contributed by atoms with Crippen molar-refractivity contribution in [3.63, 3.8) is 0 Å². The monoisotopic (exact) mass is 701 g/mol. The highest BCUT2D eigenvalue weighted by molar-refractivity contribution is 8.00. The second kappa shape index (κ2) is 15.7. The fourth-order valence-electron chi connectivity index (χ4n) is 4.63. The number of nitro groups is 1. The third-order valence-electron chi connectivity index (χ3n) is 7.11. The van der Waals surface area contributed by atoms with Crippen LogP contribution < -0.4 is 16.0 Å². The van der Waals surface area contributed by atoms with Crippen molar-refractivity contribution in [1.82, 2.24) is 10.3 Å². The minimum absolute atomic E-state index is 0.0122. The van der Waals surface area contributed by atoms with Crippen molar-refractivity contribution in [1.29, 1.82) is 0 Å². The molecule has 6 rings (SSSR count). The summed E-state index contributed by atoms with van der Waals surface area (Å²) in [5.41, 5.74) is 3.02. The Balaban J connectivity index is 1.07. The van der Waals surface area contributed by atoms with Crippen LogP contribution in [0.25, 0.3) is 28.7 Å². The predicted molar refractivity (Wildman–Crippen MR) is 195 cm³/mol. The lowest BCUT2D eigenvalue weighted by molar-refractivity contribution is -0.384. The smallest absolute Gasteiger partial charge is 0.272 e. The number of benzene rings is 4. The standard InChI is InChI=1S/C37H27N5O6S2/c43-34(41-37-40-32(22-50-37)24-11-15-28(16-12-24)42(46)47)23-49-30-18-13-27(14-19-30)38-36(45)31(39-35(44)26-9-5-2-6-10-26)21-29-17-20-33(48-29)25-7-3-1-4-8-25/h1-22H,23H2,(H,38,45)(H,39,44)(H,40,41,43)/b31-21+. The molecule has 0 unspecified atom stereocenters. The Morgan fingerprint density at radius 2 is 1.52 bits per heavy atom. The summed E-state index contributed by atoms with van der Waals surface area (Å²) in [5.74, 6) is -0.145. The second-order valence-electron chi connectivity index (χ2n) is 10.6. The number of nitrogens with one attached hydrogen (secondary N) is 3. The molecule has 6 aromatic rings. The van der Waals surface area contributed by atoms with Gasteiger partial charge in [-0.15, -0.1) is 23.1 Å². The first kappa shape index (κ1) is 33.6. The van der Waals surface area contributed by atoms with Crippen molar-refractivity contribution < 1.29 is 23.7 Å². The maximum atomic E-state index is 13.4. The number of nitrogens with zero attached hydrogens (tertiary/aromatic N) is 2. The average Bonchev–Trinajstić information content (AvgIpc) is 3.82. The Morgan fingerprint density at radius 3 is 2.22 bits per heavy atom. The average molecular weight is 702 g/mol. The Morgan fingerprint density at radius 1 is 0.820 bits per heavy atom. The van der Waals surface area contributed by atoms with Crippen LogP contribution in [-0.4, -0.2) is 33.4 Å². The molecule has 0 aliphatic carbocycles. The number of hydrogen-bond acceptors (Lipinski definition) is 9. The zero-order valence-corrected chi connectivity index (χ0v) is 27.7. The van der Waals surface area contributed by atoms with Crippen molar-refractivity contribution in [3.05, 3.63) is 154 Å². The number of carbonyl (C=O) groups excluding carboxylic acids is 3. The number of thiazole rings is 1. The SMILES string of the molecule is O=C(CSc1ccc(NC(=O)/C(=C\c2ccc(-c3ccccc3)o2)NC(=O)c2ccccc2)cc1)Nc1nc(-c2ccc([N+](=O)[O-])cc2)cs1. The van der Waals surface area contributed by atoms with Gasteiger partial charge in [0.05, 0.1) is 16.4 Å². The second-order valence-corrected chi connectivity index (χ2v) is 12.5. The van der Waals surface area contributed by atoms with Crippen molar-refractivity contribution in [2.24, 2.45) is 0 Å². The number of carbonyl (C=O) groups is 3. The third-order valence-corrected chi connectivity index (χ3v) is 8.88. The summed E-state index contributed by atoms with van der Waals surface area (Å²) < 4.78 is 5.95. The first-order valence-corrected chi connectivity index (χ1v) is 16.9. The molecule has 0 saturated heterocycles. The normalized spacial score (nSPS) is 11.1. The molecule has 2 heterocycles. The lowest BCUT2D eigenvalue weighted by atomic mass is 10.1. The number of anilines is 2. The molecule has 3 N–H and O–H groups in total. The molecule has 0 saturated carbocycles. The van der Waals surface area contributed by atoms with Crippen molar-refractivity contribution in [2.75, 3.05) is 16.4 Å². The first-order valence-electron chi connectivity index (χ1n) is 15.1. The summed E-state index contributed by atoms with van der Waals surface area (Å²) >= 11 is 2.56. The van der Waals surface area contributed by atoms with E-state index < -0.39 is 16.7 Å². The van der Waals surface area contributed by atoms with E-state index in [9.17, 15) is 24.5 Å². The fraction of sp³-hybridized carbons (Fsp3) is 0.0270. The quantitative estimate of drug-likeness (QED) is 0.0500. The first-order chi connectivity index (χ1) is 24.3. The van der Waals surface area contributed by atoms with Gasteiger partial charge in [0.2, 0.25) is 5.91 Å². The van der Waals surface area contributed by atoms with Crippen LogP contribution in [0.3, 0.4) is 0 Å². The van der Waals surface area contributed by atoms with Gasteiger partial charge in [-0.1, -0.05) is 48.5 Å². The molecule has 248 valence electrons. The van der Waals surface area contributed by atoms with Gasteiger partial charge in [0.15, 0.2) is 5.13 Å². The maximum absolute atomic E-state index is 13.4. The van der Waals surface area contributed by atoms with Crippen LogP contribution in [-0.2, 0) is 9.59 Å². The minimum atomic E-state index is -0.553. The number of aromatic nitrogens is 1. The molecular weight excluding hydrogens is 675 g/mol. The van der Waals surface area contributed by atoms with Gasteiger partial charge < -0.3 is 20.4 Å². The van der Waals surface area contributed by atoms with Crippen LogP contribution in [0.4, 0.5) is 16.5 Å². The highest BCUT2D eigenvalue weighted by Gasteiger charge is 2.17. The topological polar surface area (TPSA) is 156 Å². The zero-order chi connectivity index (χ0) is 34.9. The van der Waals surface area contributed by atoms with E-state index in [2.05, 4.69) is 20.9 Å². The van der Waals surface area contributed by atoms with Gasteiger partial charge in [-0.25, -0.2) is 4.98 Å².